The predicted molar refractivity (Wildman–Crippen MR) is 115 cm³/mol. The molecule has 0 radical (unpaired) electrons. The number of rotatable bonds is 5. The summed E-state index contributed by atoms with van der Waals surface area (Å²) in [7, 11) is 1.54. The Bertz CT molecular complexity index is 1260. The van der Waals surface area contributed by atoms with Crippen LogP contribution in [0.25, 0.3) is 16.8 Å². The van der Waals surface area contributed by atoms with E-state index in [0.29, 0.717) is 16.3 Å². The van der Waals surface area contributed by atoms with E-state index < -0.39 is 0 Å². The fourth-order valence-corrected chi connectivity index (χ4v) is 3.36. The average Bonchev–Trinajstić information content (AvgIpc) is 3.07. The zero-order chi connectivity index (χ0) is 21.3. The van der Waals surface area contributed by atoms with Gasteiger partial charge in [0.15, 0.2) is 0 Å². The first kappa shape index (κ1) is 19.8. The fraction of sp³-hybridized carbons (Fsp3) is 0.182. The number of tetrazole rings is 1. The van der Waals surface area contributed by atoms with Gasteiger partial charge in [-0.2, -0.15) is 9.36 Å². The first-order valence-corrected chi connectivity index (χ1v) is 9.75. The van der Waals surface area contributed by atoms with Gasteiger partial charge in [0.25, 0.3) is 0 Å². The van der Waals surface area contributed by atoms with Crippen molar-refractivity contribution >= 4 is 11.6 Å². The van der Waals surface area contributed by atoms with Gasteiger partial charge in [-0.3, -0.25) is 4.98 Å². The zero-order valence-corrected chi connectivity index (χ0v) is 17.6. The number of pyridine rings is 1. The minimum Gasteiger partial charge on any atom is -0.488 e. The standard InChI is InChI=1S/C22H20ClN5O2/c1-14-11-16(17-8-7-15(2)24-12-17)9-10-21(14)30-13-18-19(23)5-4-6-20(18)28-22(29)27(3)25-26-28/h4-12H,13H2,1-3H3. The number of hydrogen-bond acceptors (Lipinski definition) is 5. The summed E-state index contributed by atoms with van der Waals surface area (Å²) in [5.74, 6) is 0.733. The Morgan fingerprint density at radius 2 is 1.83 bits per heavy atom. The highest BCUT2D eigenvalue weighted by Gasteiger charge is 2.15. The van der Waals surface area contributed by atoms with Gasteiger partial charge < -0.3 is 4.74 Å². The first-order chi connectivity index (χ1) is 14.4. The van der Waals surface area contributed by atoms with Crippen molar-refractivity contribution in [2.45, 2.75) is 20.5 Å². The van der Waals surface area contributed by atoms with Crippen molar-refractivity contribution in [3.63, 3.8) is 0 Å². The quantitative estimate of drug-likeness (QED) is 0.489. The third-order valence-corrected chi connectivity index (χ3v) is 5.19. The summed E-state index contributed by atoms with van der Waals surface area (Å²) in [6.45, 7) is 4.13. The second kappa shape index (κ2) is 8.12. The maximum absolute atomic E-state index is 12.3. The van der Waals surface area contributed by atoms with Crippen LogP contribution in [0.1, 0.15) is 16.8 Å². The molecule has 0 fully saturated rings. The summed E-state index contributed by atoms with van der Waals surface area (Å²) >= 11 is 6.41. The number of benzene rings is 2. The molecule has 4 rings (SSSR count). The number of aromatic nitrogens is 5. The molecule has 0 unspecified atom stereocenters. The highest BCUT2D eigenvalue weighted by molar-refractivity contribution is 6.31. The lowest BCUT2D eigenvalue weighted by Gasteiger charge is -2.14. The van der Waals surface area contributed by atoms with E-state index in [0.717, 1.165) is 32.8 Å². The van der Waals surface area contributed by atoms with Gasteiger partial charge in [0, 0.05) is 35.1 Å². The van der Waals surface area contributed by atoms with Crippen molar-refractivity contribution in [2.75, 3.05) is 0 Å². The molecule has 0 bridgehead atoms. The smallest absolute Gasteiger partial charge is 0.368 e. The third kappa shape index (κ3) is 3.84. The summed E-state index contributed by atoms with van der Waals surface area (Å²) in [5, 5.41) is 8.17. The molecule has 4 aromatic rings. The van der Waals surface area contributed by atoms with Crippen LogP contribution in [0.15, 0.2) is 59.5 Å². The number of nitrogens with zero attached hydrogens (tertiary/aromatic N) is 5. The Labute approximate surface area is 178 Å². The minimum atomic E-state index is -0.356. The molecular formula is C22H20ClN5O2. The molecule has 2 aromatic carbocycles. The molecule has 2 aromatic heterocycles. The number of aryl methyl sites for hydroxylation is 3. The number of hydrogen-bond donors (Lipinski definition) is 0. The molecule has 152 valence electrons. The molecule has 0 aliphatic rings. The van der Waals surface area contributed by atoms with Crippen molar-refractivity contribution in [3.8, 4) is 22.6 Å². The van der Waals surface area contributed by atoms with Crippen molar-refractivity contribution in [1.29, 1.82) is 0 Å². The molecule has 0 aliphatic carbocycles. The predicted octanol–water partition coefficient (Wildman–Crippen LogP) is 3.88. The van der Waals surface area contributed by atoms with Crippen LogP contribution in [0.2, 0.25) is 5.02 Å². The molecule has 8 heteroatoms. The van der Waals surface area contributed by atoms with E-state index in [1.54, 1.807) is 25.2 Å². The normalized spacial score (nSPS) is 10.9. The van der Waals surface area contributed by atoms with E-state index >= 15 is 0 Å². The van der Waals surface area contributed by atoms with Crippen LogP contribution < -0.4 is 10.4 Å². The van der Waals surface area contributed by atoms with Crippen molar-refractivity contribution < 1.29 is 4.74 Å². The van der Waals surface area contributed by atoms with Gasteiger partial charge in [0.05, 0.1) is 5.69 Å². The molecule has 0 atom stereocenters. The molecule has 0 saturated carbocycles. The van der Waals surface area contributed by atoms with E-state index in [4.69, 9.17) is 16.3 Å². The van der Waals surface area contributed by atoms with Gasteiger partial charge in [-0.15, -0.1) is 0 Å². The Hall–Kier alpha value is -3.45. The van der Waals surface area contributed by atoms with Gasteiger partial charge in [-0.25, -0.2) is 4.79 Å². The van der Waals surface area contributed by atoms with Crippen molar-refractivity contribution in [2.24, 2.45) is 7.05 Å². The van der Waals surface area contributed by atoms with Gasteiger partial charge in [0.2, 0.25) is 0 Å². The lowest BCUT2D eigenvalue weighted by atomic mass is 10.0. The van der Waals surface area contributed by atoms with Gasteiger partial charge in [0.1, 0.15) is 12.4 Å². The van der Waals surface area contributed by atoms with Gasteiger partial charge >= 0.3 is 5.69 Å². The lowest BCUT2D eigenvalue weighted by Crippen LogP contribution is -2.23. The molecule has 0 saturated heterocycles. The van der Waals surface area contributed by atoms with E-state index in [2.05, 4.69) is 21.5 Å². The highest BCUT2D eigenvalue weighted by Crippen LogP contribution is 2.28. The number of halogens is 1. The van der Waals surface area contributed by atoms with Crippen LogP contribution in [-0.2, 0) is 13.7 Å². The molecular weight excluding hydrogens is 402 g/mol. The third-order valence-electron chi connectivity index (χ3n) is 4.84. The molecule has 0 aliphatic heterocycles. The molecule has 0 N–H and O–H groups in total. The van der Waals surface area contributed by atoms with Crippen LogP contribution in [0.3, 0.4) is 0 Å². The largest absolute Gasteiger partial charge is 0.488 e. The second-order valence-electron chi connectivity index (χ2n) is 6.99. The molecule has 7 nitrogen and oxygen atoms in total. The zero-order valence-electron chi connectivity index (χ0n) is 16.8. The lowest BCUT2D eigenvalue weighted by molar-refractivity contribution is 0.303. The average molecular weight is 422 g/mol. The summed E-state index contributed by atoms with van der Waals surface area (Å²) in [5.41, 5.74) is 4.92. The molecule has 0 spiro atoms. The van der Waals surface area contributed by atoms with E-state index in [9.17, 15) is 4.79 Å². The topological polar surface area (TPSA) is 74.8 Å². The van der Waals surface area contributed by atoms with Gasteiger partial charge in [-0.1, -0.05) is 29.8 Å². The van der Waals surface area contributed by atoms with Crippen molar-refractivity contribution in [1.82, 2.24) is 24.8 Å². The highest BCUT2D eigenvalue weighted by atomic mass is 35.5. The van der Waals surface area contributed by atoms with E-state index in [1.165, 1.54) is 4.68 Å². The summed E-state index contributed by atoms with van der Waals surface area (Å²) in [6, 6.07) is 15.3. The minimum absolute atomic E-state index is 0.185. The molecule has 0 amide bonds. The fourth-order valence-electron chi connectivity index (χ4n) is 3.13. The first-order valence-electron chi connectivity index (χ1n) is 9.37. The van der Waals surface area contributed by atoms with Crippen LogP contribution in [-0.4, -0.2) is 24.8 Å². The Morgan fingerprint density at radius 3 is 2.50 bits per heavy atom. The maximum Gasteiger partial charge on any atom is 0.368 e. The van der Waals surface area contributed by atoms with Crippen molar-refractivity contribution in [3.05, 3.63) is 87.1 Å². The van der Waals surface area contributed by atoms with Crippen LogP contribution >= 0.6 is 11.6 Å². The summed E-state index contributed by atoms with van der Waals surface area (Å²) in [4.78, 5) is 16.6. The molecule has 30 heavy (non-hydrogen) atoms. The van der Waals surface area contributed by atoms with E-state index in [1.807, 2.05) is 44.3 Å². The summed E-state index contributed by atoms with van der Waals surface area (Å²) < 4.78 is 8.43. The van der Waals surface area contributed by atoms with Crippen LogP contribution in [0.4, 0.5) is 0 Å². The Balaban J connectivity index is 1.60. The summed E-state index contributed by atoms with van der Waals surface area (Å²) in [6.07, 6.45) is 1.86. The SMILES string of the molecule is Cc1ccc(-c2ccc(OCc3c(Cl)cccc3-n3nnn(C)c3=O)c(C)c2)cn1. The van der Waals surface area contributed by atoms with Gasteiger partial charge in [-0.05, 0) is 65.7 Å². The monoisotopic (exact) mass is 421 g/mol. The maximum atomic E-state index is 12.3. The van der Waals surface area contributed by atoms with E-state index in [-0.39, 0.29) is 12.3 Å². The van der Waals surface area contributed by atoms with Crippen LogP contribution in [0.5, 0.6) is 5.75 Å². The Kier molecular flexibility index (Phi) is 5.37. The van der Waals surface area contributed by atoms with Crippen LogP contribution in [0, 0.1) is 13.8 Å². The second-order valence-corrected chi connectivity index (χ2v) is 7.40. The molecule has 2 heterocycles. The Morgan fingerprint density at radius 1 is 1.03 bits per heavy atom. The number of ether oxygens (including phenoxy) is 1.